The van der Waals surface area contributed by atoms with Crippen LogP contribution in [0.1, 0.15) is 31.5 Å². The highest BCUT2D eigenvalue weighted by Crippen LogP contribution is 2.26. The van der Waals surface area contributed by atoms with Crippen molar-refractivity contribution in [3.8, 4) is 0 Å². The molecule has 0 bridgehead atoms. The molecule has 0 unspecified atom stereocenters. The van der Waals surface area contributed by atoms with Gasteiger partial charge in [0.15, 0.2) is 0 Å². The largest absolute Gasteiger partial charge is 0.345 e. The van der Waals surface area contributed by atoms with Crippen molar-refractivity contribution < 1.29 is 0 Å². The van der Waals surface area contributed by atoms with E-state index in [0.717, 1.165) is 25.3 Å². The van der Waals surface area contributed by atoms with Crippen LogP contribution in [0.2, 0.25) is 0 Å². The van der Waals surface area contributed by atoms with Crippen LogP contribution in [0.4, 0.5) is 0 Å². The SMILES string of the molecule is Cn1nc(C[C@H]2CCCC[C@H]2NCCn2cccn2)n(C)c1=O. The molecule has 0 radical (unpaired) electrons. The van der Waals surface area contributed by atoms with Crippen molar-refractivity contribution in [2.75, 3.05) is 6.54 Å². The summed E-state index contributed by atoms with van der Waals surface area (Å²) < 4.78 is 5.06. The summed E-state index contributed by atoms with van der Waals surface area (Å²) in [7, 11) is 3.53. The molecule has 2 aromatic rings. The molecule has 126 valence electrons. The van der Waals surface area contributed by atoms with E-state index in [2.05, 4.69) is 15.5 Å². The number of aromatic nitrogens is 5. The van der Waals surface area contributed by atoms with Crippen LogP contribution in [0, 0.1) is 5.92 Å². The normalized spacial score (nSPS) is 21.7. The summed E-state index contributed by atoms with van der Waals surface area (Å²) in [4.78, 5) is 11.9. The Bertz CT molecular complexity index is 671. The van der Waals surface area contributed by atoms with Gasteiger partial charge in [-0.1, -0.05) is 12.8 Å². The summed E-state index contributed by atoms with van der Waals surface area (Å²) in [5.41, 5.74) is -0.0426. The van der Waals surface area contributed by atoms with Gasteiger partial charge in [-0.05, 0) is 24.8 Å². The summed E-state index contributed by atoms with van der Waals surface area (Å²) in [6.45, 7) is 1.81. The topological polar surface area (TPSA) is 69.7 Å². The van der Waals surface area contributed by atoms with E-state index in [1.807, 2.05) is 30.2 Å². The molecule has 7 nitrogen and oxygen atoms in total. The number of hydrogen-bond acceptors (Lipinski definition) is 4. The lowest BCUT2D eigenvalue weighted by atomic mass is 9.82. The Hall–Kier alpha value is -1.89. The summed E-state index contributed by atoms with van der Waals surface area (Å²) >= 11 is 0. The van der Waals surface area contributed by atoms with E-state index in [1.54, 1.807) is 11.6 Å². The van der Waals surface area contributed by atoms with Gasteiger partial charge in [0.1, 0.15) is 5.82 Å². The number of rotatable bonds is 6. The molecule has 1 N–H and O–H groups in total. The van der Waals surface area contributed by atoms with Crippen LogP contribution in [0.25, 0.3) is 0 Å². The molecule has 2 heterocycles. The standard InChI is InChI=1S/C16H26N6O/c1-20-15(19-21(2)16(20)23)12-13-6-3-4-7-14(13)17-9-11-22-10-5-8-18-22/h5,8,10,13-14,17H,3-4,6-7,9,11-12H2,1-2H3/t13-,14-/m1/s1. The van der Waals surface area contributed by atoms with Crippen molar-refractivity contribution in [3.05, 3.63) is 34.8 Å². The van der Waals surface area contributed by atoms with Gasteiger partial charge in [-0.3, -0.25) is 9.25 Å². The van der Waals surface area contributed by atoms with Crippen molar-refractivity contribution in [1.82, 2.24) is 29.4 Å². The molecule has 1 aliphatic carbocycles. The first-order valence-electron chi connectivity index (χ1n) is 8.45. The molecule has 3 rings (SSSR count). The number of aryl methyl sites for hydroxylation is 1. The van der Waals surface area contributed by atoms with Crippen LogP contribution < -0.4 is 11.0 Å². The molecule has 23 heavy (non-hydrogen) atoms. The van der Waals surface area contributed by atoms with Gasteiger partial charge in [0.2, 0.25) is 0 Å². The van der Waals surface area contributed by atoms with E-state index in [0.29, 0.717) is 12.0 Å². The molecule has 0 saturated heterocycles. The Balaban J connectivity index is 1.59. The maximum absolute atomic E-state index is 11.9. The van der Waals surface area contributed by atoms with Crippen molar-refractivity contribution in [3.63, 3.8) is 0 Å². The number of nitrogens with zero attached hydrogens (tertiary/aromatic N) is 5. The van der Waals surface area contributed by atoms with Gasteiger partial charge < -0.3 is 5.32 Å². The lowest BCUT2D eigenvalue weighted by Gasteiger charge is -2.32. The zero-order chi connectivity index (χ0) is 16.2. The molecule has 7 heteroatoms. The van der Waals surface area contributed by atoms with Crippen LogP contribution >= 0.6 is 0 Å². The Morgan fingerprint density at radius 2 is 2.13 bits per heavy atom. The first-order valence-corrected chi connectivity index (χ1v) is 8.45. The Kier molecular flexibility index (Phi) is 4.95. The highest BCUT2D eigenvalue weighted by Gasteiger charge is 2.26. The minimum atomic E-state index is -0.0426. The van der Waals surface area contributed by atoms with E-state index in [-0.39, 0.29) is 5.69 Å². The molecule has 0 amide bonds. The summed E-state index contributed by atoms with van der Waals surface area (Å²) in [6, 6.07) is 2.45. The third-order valence-electron chi connectivity index (χ3n) is 4.88. The quantitative estimate of drug-likeness (QED) is 0.851. The molecule has 2 atom stereocenters. The first kappa shape index (κ1) is 16.0. The van der Waals surface area contributed by atoms with E-state index in [1.165, 1.54) is 30.4 Å². The number of hydrogen-bond donors (Lipinski definition) is 1. The van der Waals surface area contributed by atoms with Gasteiger partial charge in [0, 0.05) is 45.5 Å². The average molecular weight is 318 g/mol. The smallest absolute Gasteiger partial charge is 0.312 e. The van der Waals surface area contributed by atoms with E-state index in [4.69, 9.17) is 0 Å². The van der Waals surface area contributed by atoms with Crippen molar-refractivity contribution in [2.45, 2.75) is 44.7 Å². The third-order valence-corrected chi connectivity index (χ3v) is 4.88. The highest BCUT2D eigenvalue weighted by atomic mass is 16.2. The third kappa shape index (κ3) is 3.72. The Morgan fingerprint density at radius 1 is 1.30 bits per heavy atom. The predicted octanol–water partition coefficient (Wildman–Crippen LogP) is 0.706. The van der Waals surface area contributed by atoms with E-state index in [9.17, 15) is 4.79 Å². The second-order valence-corrected chi connectivity index (χ2v) is 6.46. The summed E-state index contributed by atoms with van der Waals surface area (Å²) in [6.07, 6.45) is 9.61. The van der Waals surface area contributed by atoms with Gasteiger partial charge in [0.25, 0.3) is 0 Å². The van der Waals surface area contributed by atoms with Gasteiger partial charge >= 0.3 is 5.69 Å². The maximum Gasteiger partial charge on any atom is 0.345 e. The van der Waals surface area contributed by atoms with Crippen LogP contribution in [-0.2, 0) is 27.1 Å². The lowest BCUT2D eigenvalue weighted by molar-refractivity contribution is 0.253. The maximum atomic E-state index is 11.9. The fraction of sp³-hybridized carbons (Fsp3) is 0.688. The minimum Gasteiger partial charge on any atom is -0.312 e. The molecular weight excluding hydrogens is 292 g/mol. The number of nitrogens with one attached hydrogen (secondary N) is 1. The Morgan fingerprint density at radius 3 is 2.83 bits per heavy atom. The molecular formula is C16H26N6O. The van der Waals surface area contributed by atoms with Crippen molar-refractivity contribution >= 4 is 0 Å². The summed E-state index contributed by atoms with van der Waals surface area (Å²) in [5.74, 6) is 1.44. The van der Waals surface area contributed by atoms with Crippen LogP contribution in [-0.4, -0.2) is 36.7 Å². The minimum absolute atomic E-state index is 0.0426. The van der Waals surface area contributed by atoms with Gasteiger partial charge in [0.05, 0.1) is 6.54 Å². The molecule has 0 aromatic carbocycles. The van der Waals surface area contributed by atoms with Crippen LogP contribution in [0.5, 0.6) is 0 Å². The van der Waals surface area contributed by atoms with Crippen LogP contribution in [0.15, 0.2) is 23.3 Å². The first-order chi connectivity index (χ1) is 11.1. The fourth-order valence-corrected chi connectivity index (χ4v) is 3.54. The lowest BCUT2D eigenvalue weighted by Crippen LogP contribution is -2.41. The summed E-state index contributed by atoms with van der Waals surface area (Å²) in [5, 5.41) is 12.3. The van der Waals surface area contributed by atoms with Gasteiger partial charge in [-0.15, -0.1) is 0 Å². The van der Waals surface area contributed by atoms with Gasteiger partial charge in [-0.25, -0.2) is 9.48 Å². The molecule has 1 aliphatic rings. The molecule has 2 aromatic heterocycles. The zero-order valence-electron chi connectivity index (χ0n) is 14.0. The molecule has 1 fully saturated rings. The van der Waals surface area contributed by atoms with Crippen molar-refractivity contribution in [2.24, 2.45) is 20.0 Å². The fourth-order valence-electron chi connectivity index (χ4n) is 3.54. The monoisotopic (exact) mass is 318 g/mol. The molecule has 0 aliphatic heterocycles. The second-order valence-electron chi connectivity index (χ2n) is 6.46. The zero-order valence-corrected chi connectivity index (χ0v) is 14.0. The predicted molar refractivity (Wildman–Crippen MR) is 88.1 cm³/mol. The molecule has 1 saturated carbocycles. The van der Waals surface area contributed by atoms with E-state index < -0.39 is 0 Å². The highest BCUT2D eigenvalue weighted by molar-refractivity contribution is 4.93. The Labute approximate surface area is 136 Å². The van der Waals surface area contributed by atoms with Gasteiger partial charge in [-0.2, -0.15) is 10.2 Å². The average Bonchev–Trinajstić information content (AvgIpc) is 3.14. The van der Waals surface area contributed by atoms with Crippen molar-refractivity contribution in [1.29, 1.82) is 0 Å². The second kappa shape index (κ2) is 7.12. The van der Waals surface area contributed by atoms with Crippen LogP contribution in [0.3, 0.4) is 0 Å². The molecule has 0 spiro atoms. The van der Waals surface area contributed by atoms with E-state index >= 15 is 0 Å².